The van der Waals surface area contributed by atoms with E-state index in [0.29, 0.717) is 29.1 Å². The SMILES string of the molecule is COc1cnc2ccc(=O)n(CCN3CCC(NC(=O)c4cnc(C)c(C#N)c4)CC3)c2c1. The number of rotatable bonds is 6. The third-order valence-corrected chi connectivity index (χ3v) is 6.08. The van der Waals surface area contributed by atoms with Gasteiger partial charge in [0.05, 0.1) is 41.2 Å². The number of ether oxygens (including phenoxy) is 1. The number of nitrogens with one attached hydrogen (secondary N) is 1. The lowest BCUT2D eigenvalue weighted by molar-refractivity contribution is 0.0909. The summed E-state index contributed by atoms with van der Waals surface area (Å²) in [4.78, 5) is 35.9. The first-order valence-corrected chi connectivity index (χ1v) is 10.9. The summed E-state index contributed by atoms with van der Waals surface area (Å²) in [6.45, 7) is 4.66. The fourth-order valence-electron chi connectivity index (χ4n) is 4.07. The Morgan fingerprint density at radius 1 is 1.21 bits per heavy atom. The van der Waals surface area contributed by atoms with Crippen LogP contribution in [0.2, 0.25) is 0 Å². The number of aryl methyl sites for hydroxylation is 1. The molecule has 9 nitrogen and oxygen atoms in total. The number of fused-ring (bicyclic) bond motifs is 1. The van der Waals surface area contributed by atoms with Crippen molar-refractivity contribution in [1.82, 2.24) is 24.8 Å². The van der Waals surface area contributed by atoms with E-state index in [1.165, 1.54) is 6.20 Å². The van der Waals surface area contributed by atoms with E-state index in [-0.39, 0.29) is 17.5 Å². The molecule has 1 aliphatic heterocycles. The number of carbonyl (C=O) groups excluding carboxylic acids is 1. The van der Waals surface area contributed by atoms with Crippen LogP contribution in [0, 0.1) is 18.3 Å². The Labute approximate surface area is 191 Å². The number of amides is 1. The number of nitrogens with zero attached hydrogens (tertiary/aromatic N) is 5. The number of nitriles is 1. The molecular formula is C24H26N6O3. The molecule has 1 N–H and O–H groups in total. The van der Waals surface area contributed by atoms with Gasteiger partial charge >= 0.3 is 0 Å². The second-order valence-electron chi connectivity index (χ2n) is 8.16. The van der Waals surface area contributed by atoms with Crippen LogP contribution in [0.1, 0.15) is 34.5 Å². The second kappa shape index (κ2) is 9.79. The largest absolute Gasteiger partial charge is 0.495 e. The smallest absolute Gasteiger partial charge is 0.253 e. The van der Waals surface area contributed by atoms with Gasteiger partial charge in [0.2, 0.25) is 0 Å². The molecule has 0 aromatic carbocycles. The first-order valence-electron chi connectivity index (χ1n) is 10.9. The van der Waals surface area contributed by atoms with Crippen LogP contribution in [0.25, 0.3) is 11.0 Å². The second-order valence-corrected chi connectivity index (χ2v) is 8.16. The maximum Gasteiger partial charge on any atom is 0.253 e. The summed E-state index contributed by atoms with van der Waals surface area (Å²) in [6.07, 6.45) is 4.78. The summed E-state index contributed by atoms with van der Waals surface area (Å²) in [7, 11) is 1.58. The van der Waals surface area contributed by atoms with Gasteiger partial charge in [-0.2, -0.15) is 5.26 Å². The number of methoxy groups -OCH3 is 1. The Kier molecular flexibility index (Phi) is 6.66. The minimum atomic E-state index is -0.207. The van der Waals surface area contributed by atoms with Crippen molar-refractivity contribution < 1.29 is 9.53 Å². The number of piperidine rings is 1. The van der Waals surface area contributed by atoms with E-state index in [2.05, 4.69) is 26.3 Å². The van der Waals surface area contributed by atoms with Crippen molar-refractivity contribution in [3.8, 4) is 11.8 Å². The van der Waals surface area contributed by atoms with E-state index < -0.39 is 0 Å². The molecule has 170 valence electrons. The van der Waals surface area contributed by atoms with Crippen molar-refractivity contribution in [2.45, 2.75) is 32.4 Å². The van der Waals surface area contributed by atoms with Crippen LogP contribution in [0.15, 0.2) is 41.5 Å². The highest BCUT2D eigenvalue weighted by molar-refractivity contribution is 5.94. The molecule has 4 rings (SSSR count). The fraction of sp³-hybridized carbons (Fsp3) is 0.375. The number of aromatic nitrogens is 3. The lowest BCUT2D eigenvalue weighted by Crippen LogP contribution is -2.45. The van der Waals surface area contributed by atoms with Gasteiger partial charge in [-0.05, 0) is 31.9 Å². The van der Waals surface area contributed by atoms with Gasteiger partial charge in [-0.1, -0.05) is 0 Å². The number of likely N-dealkylation sites (tertiary alicyclic amines) is 1. The zero-order valence-electron chi connectivity index (χ0n) is 18.7. The van der Waals surface area contributed by atoms with Crippen LogP contribution < -0.4 is 15.6 Å². The van der Waals surface area contributed by atoms with Gasteiger partial charge < -0.3 is 19.5 Å². The molecule has 9 heteroatoms. The quantitative estimate of drug-likeness (QED) is 0.615. The van der Waals surface area contributed by atoms with Gasteiger partial charge in [0, 0.05) is 50.6 Å². The fourth-order valence-corrected chi connectivity index (χ4v) is 4.07. The van der Waals surface area contributed by atoms with Crippen LogP contribution >= 0.6 is 0 Å². The van der Waals surface area contributed by atoms with Crippen molar-refractivity contribution in [3.63, 3.8) is 0 Å². The molecular weight excluding hydrogens is 420 g/mol. The summed E-state index contributed by atoms with van der Waals surface area (Å²) < 4.78 is 7.00. The first kappa shape index (κ1) is 22.4. The predicted octanol–water partition coefficient (Wildman–Crippen LogP) is 1.87. The van der Waals surface area contributed by atoms with Crippen molar-refractivity contribution in [2.75, 3.05) is 26.7 Å². The minimum Gasteiger partial charge on any atom is -0.495 e. The molecule has 4 heterocycles. The molecule has 3 aromatic heterocycles. The van der Waals surface area contributed by atoms with Crippen molar-refractivity contribution in [1.29, 1.82) is 5.26 Å². The van der Waals surface area contributed by atoms with E-state index in [9.17, 15) is 9.59 Å². The zero-order valence-corrected chi connectivity index (χ0v) is 18.7. The topological polar surface area (TPSA) is 113 Å². The van der Waals surface area contributed by atoms with E-state index in [0.717, 1.165) is 43.5 Å². The van der Waals surface area contributed by atoms with E-state index in [4.69, 9.17) is 10.00 Å². The standard InChI is InChI=1S/C24H26N6O3/c1-16-17(13-25)11-18(14-26-16)24(32)28-19-5-7-29(8-6-19)9-10-30-22-12-20(33-2)15-27-21(22)3-4-23(30)31/h3-4,11-12,14-15,19H,5-10H2,1-2H3,(H,28,32). The Bertz CT molecular complexity index is 1270. The average Bonchev–Trinajstić information content (AvgIpc) is 2.84. The Hall–Kier alpha value is -3.77. The van der Waals surface area contributed by atoms with Gasteiger partial charge in [-0.25, -0.2) is 0 Å². The first-order chi connectivity index (χ1) is 16.0. The van der Waals surface area contributed by atoms with Crippen LogP contribution in [0.4, 0.5) is 0 Å². The molecule has 0 radical (unpaired) electrons. The molecule has 1 aliphatic rings. The van der Waals surface area contributed by atoms with Gasteiger partial charge in [0.15, 0.2) is 0 Å². The van der Waals surface area contributed by atoms with E-state index >= 15 is 0 Å². The van der Waals surface area contributed by atoms with Crippen molar-refractivity contribution in [2.24, 2.45) is 0 Å². The van der Waals surface area contributed by atoms with Crippen molar-refractivity contribution in [3.05, 3.63) is 63.8 Å². The normalized spacial score (nSPS) is 14.7. The molecule has 0 unspecified atom stereocenters. The number of pyridine rings is 3. The molecule has 1 amide bonds. The predicted molar refractivity (Wildman–Crippen MR) is 123 cm³/mol. The van der Waals surface area contributed by atoms with E-state index in [1.807, 2.05) is 6.07 Å². The van der Waals surface area contributed by atoms with Gasteiger partial charge in [0.1, 0.15) is 11.8 Å². The van der Waals surface area contributed by atoms with E-state index in [1.54, 1.807) is 43.0 Å². The Balaban J connectivity index is 1.34. The molecule has 33 heavy (non-hydrogen) atoms. The lowest BCUT2D eigenvalue weighted by Gasteiger charge is -2.32. The molecule has 1 fully saturated rings. The highest BCUT2D eigenvalue weighted by Crippen LogP contribution is 2.17. The molecule has 0 saturated carbocycles. The average molecular weight is 447 g/mol. The third-order valence-electron chi connectivity index (χ3n) is 6.08. The highest BCUT2D eigenvalue weighted by Gasteiger charge is 2.22. The summed E-state index contributed by atoms with van der Waals surface area (Å²) in [5, 5.41) is 12.2. The molecule has 0 atom stereocenters. The molecule has 0 bridgehead atoms. The monoisotopic (exact) mass is 446 g/mol. The molecule has 1 saturated heterocycles. The minimum absolute atomic E-state index is 0.0642. The van der Waals surface area contributed by atoms with Crippen molar-refractivity contribution >= 4 is 16.9 Å². The van der Waals surface area contributed by atoms with Crippen LogP contribution in [-0.2, 0) is 6.54 Å². The number of carbonyl (C=O) groups is 1. The summed E-state index contributed by atoms with van der Waals surface area (Å²) >= 11 is 0. The summed E-state index contributed by atoms with van der Waals surface area (Å²) in [6, 6.07) is 8.82. The third kappa shape index (κ3) is 5.02. The lowest BCUT2D eigenvalue weighted by atomic mass is 10.0. The maximum atomic E-state index is 12.6. The summed E-state index contributed by atoms with van der Waals surface area (Å²) in [5.41, 5.74) is 2.87. The summed E-state index contributed by atoms with van der Waals surface area (Å²) in [5.74, 6) is 0.408. The maximum absolute atomic E-state index is 12.6. The van der Waals surface area contributed by atoms with Crippen LogP contribution in [0.3, 0.4) is 0 Å². The Morgan fingerprint density at radius 2 is 2.00 bits per heavy atom. The number of hydrogen-bond acceptors (Lipinski definition) is 7. The zero-order chi connectivity index (χ0) is 23.4. The molecule has 0 aliphatic carbocycles. The molecule has 3 aromatic rings. The molecule has 0 spiro atoms. The van der Waals surface area contributed by atoms with Gasteiger partial charge in [0.25, 0.3) is 11.5 Å². The Morgan fingerprint density at radius 3 is 2.73 bits per heavy atom. The van der Waals surface area contributed by atoms with Crippen LogP contribution in [-0.4, -0.2) is 58.1 Å². The van der Waals surface area contributed by atoms with Gasteiger partial charge in [-0.3, -0.25) is 19.6 Å². The van der Waals surface area contributed by atoms with Crippen LogP contribution in [0.5, 0.6) is 5.75 Å². The highest BCUT2D eigenvalue weighted by atomic mass is 16.5. The number of hydrogen-bond donors (Lipinski definition) is 1. The van der Waals surface area contributed by atoms with Gasteiger partial charge in [-0.15, -0.1) is 0 Å².